The molecule has 0 aliphatic rings. The zero-order valence-electron chi connectivity index (χ0n) is 8.00. The maximum absolute atomic E-state index is 10.6. The average molecular weight is 190 g/mol. The lowest BCUT2D eigenvalue weighted by molar-refractivity contribution is -0.111. The monoisotopic (exact) mass is 190 g/mol. The molecule has 0 rings (SSSR count). The van der Waals surface area contributed by atoms with Crippen LogP contribution in [0.5, 0.6) is 0 Å². The van der Waals surface area contributed by atoms with Crippen molar-refractivity contribution in [2.24, 2.45) is 0 Å². The van der Waals surface area contributed by atoms with Gasteiger partial charge in [-0.2, -0.15) is 0 Å². The Hall–Kier alpha value is -0.0600. The minimum atomic E-state index is -0.0814. The second-order valence-electron chi connectivity index (χ2n) is 3.24. The molecule has 3 nitrogen and oxygen atoms in total. The van der Waals surface area contributed by atoms with Gasteiger partial charge in [0.1, 0.15) is 0 Å². The van der Waals surface area contributed by atoms with E-state index in [1.165, 1.54) is 0 Å². The molecule has 0 bridgehead atoms. The summed E-state index contributed by atoms with van der Waals surface area (Å²) in [5.74, 6) is 0. The Kier molecular flexibility index (Phi) is 6.42. The summed E-state index contributed by atoms with van der Waals surface area (Å²) in [5, 5.41) is 3.19. The Labute approximate surface area is 79.9 Å². The van der Waals surface area contributed by atoms with E-state index >= 15 is 0 Å². The van der Waals surface area contributed by atoms with E-state index in [1.807, 2.05) is 11.9 Å². The summed E-state index contributed by atoms with van der Waals surface area (Å²) in [4.78, 5) is 12.5. The van der Waals surface area contributed by atoms with Crippen LogP contribution in [0, 0.1) is 0 Å². The molecule has 0 aromatic heterocycles. The second-order valence-corrected chi connectivity index (χ2v) is 3.74. The zero-order chi connectivity index (χ0) is 9.56. The molecule has 0 amide bonds. The predicted octanol–water partition coefficient (Wildman–Crippen LogP) is 0.373. The van der Waals surface area contributed by atoms with Crippen LogP contribution in [0.2, 0.25) is 0 Å². The summed E-state index contributed by atoms with van der Waals surface area (Å²) in [5.41, 5.74) is 0. The minimum Gasteiger partial charge on any atom is -0.313 e. The topological polar surface area (TPSA) is 32.3 Å². The fraction of sp³-hybridized carbons (Fsp3) is 0.875. The molecule has 0 fully saturated rings. The molecule has 72 valence electrons. The van der Waals surface area contributed by atoms with Crippen molar-refractivity contribution in [1.29, 1.82) is 0 Å². The Morgan fingerprint density at radius 3 is 2.58 bits per heavy atom. The molecular weight excluding hydrogens is 172 g/mol. The van der Waals surface area contributed by atoms with Gasteiger partial charge in [0.25, 0.3) is 0 Å². The van der Waals surface area contributed by atoms with Gasteiger partial charge in [-0.05, 0) is 7.05 Å². The first-order valence-corrected chi connectivity index (χ1v) is 4.61. The fourth-order valence-corrected chi connectivity index (χ4v) is 1.10. The highest BCUT2D eigenvalue weighted by molar-refractivity contribution is 7.96. The number of carbonyl (C=O) groups excluding carboxylic acids is 1. The highest BCUT2D eigenvalue weighted by Gasteiger charge is 2.01. The van der Waals surface area contributed by atoms with E-state index in [2.05, 4.69) is 31.8 Å². The molecule has 0 unspecified atom stereocenters. The Morgan fingerprint density at radius 2 is 2.17 bits per heavy atom. The minimum absolute atomic E-state index is 0.0814. The summed E-state index contributed by atoms with van der Waals surface area (Å²) >= 11 is 3.70. The molecule has 0 aromatic carbocycles. The average Bonchev–Trinajstić information content (AvgIpc) is 1.84. The van der Waals surface area contributed by atoms with Crippen molar-refractivity contribution >= 4 is 17.7 Å². The summed E-state index contributed by atoms with van der Waals surface area (Å²) in [6.45, 7) is 6.41. The van der Waals surface area contributed by atoms with Crippen LogP contribution in [0.3, 0.4) is 0 Å². The molecule has 0 spiro atoms. The number of rotatable bonds is 6. The Balaban J connectivity index is 3.31. The molecule has 4 heteroatoms. The first kappa shape index (κ1) is 11.9. The van der Waals surface area contributed by atoms with Crippen molar-refractivity contribution in [3.05, 3.63) is 0 Å². The molecular formula is C8H18N2OS. The van der Waals surface area contributed by atoms with Crippen LogP contribution in [0.1, 0.15) is 13.8 Å². The summed E-state index contributed by atoms with van der Waals surface area (Å²) in [6.07, 6.45) is 0. The molecule has 0 aliphatic heterocycles. The molecule has 0 atom stereocenters. The SMILES string of the molecule is CC(C)NCCN(C)CC(=O)S. The van der Waals surface area contributed by atoms with Crippen molar-refractivity contribution in [2.45, 2.75) is 19.9 Å². The Bertz CT molecular complexity index is 139. The van der Waals surface area contributed by atoms with Crippen LogP contribution in [-0.4, -0.2) is 42.7 Å². The first-order valence-electron chi connectivity index (χ1n) is 4.16. The van der Waals surface area contributed by atoms with Crippen molar-refractivity contribution in [3.63, 3.8) is 0 Å². The molecule has 0 aromatic rings. The van der Waals surface area contributed by atoms with Crippen LogP contribution in [0.4, 0.5) is 0 Å². The molecule has 1 N–H and O–H groups in total. The van der Waals surface area contributed by atoms with Crippen LogP contribution in [-0.2, 0) is 4.79 Å². The number of hydrogen-bond acceptors (Lipinski definition) is 3. The Morgan fingerprint density at radius 1 is 1.58 bits per heavy atom. The molecule has 12 heavy (non-hydrogen) atoms. The van der Waals surface area contributed by atoms with Crippen LogP contribution in [0.25, 0.3) is 0 Å². The highest BCUT2D eigenvalue weighted by atomic mass is 32.1. The number of nitrogens with zero attached hydrogens (tertiary/aromatic N) is 1. The van der Waals surface area contributed by atoms with Crippen LogP contribution < -0.4 is 5.32 Å². The number of carbonyl (C=O) groups is 1. The van der Waals surface area contributed by atoms with E-state index in [0.717, 1.165) is 13.1 Å². The summed E-state index contributed by atoms with van der Waals surface area (Å²) < 4.78 is 0. The van der Waals surface area contributed by atoms with E-state index in [1.54, 1.807) is 0 Å². The van der Waals surface area contributed by atoms with E-state index in [-0.39, 0.29) is 5.12 Å². The molecule has 0 saturated heterocycles. The van der Waals surface area contributed by atoms with Crippen LogP contribution in [0.15, 0.2) is 0 Å². The van der Waals surface area contributed by atoms with Crippen molar-refractivity contribution in [1.82, 2.24) is 10.2 Å². The smallest absolute Gasteiger partial charge is 0.199 e. The van der Waals surface area contributed by atoms with Crippen molar-refractivity contribution < 1.29 is 4.79 Å². The van der Waals surface area contributed by atoms with Gasteiger partial charge < -0.3 is 5.32 Å². The molecule has 0 aliphatic carbocycles. The van der Waals surface area contributed by atoms with Crippen LogP contribution >= 0.6 is 12.6 Å². The number of nitrogens with one attached hydrogen (secondary N) is 1. The van der Waals surface area contributed by atoms with Gasteiger partial charge in [-0.3, -0.25) is 9.69 Å². The lowest BCUT2D eigenvalue weighted by Crippen LogP contribution is -2.34. The van der Waals surface area contributed by atoms with Gasteiger partial charge in [-0.15, -0.1) is 12.6 Å². The van der Waals surface area contributed by atoms with Gasteiger partial charge in [0.2, 0.25) is 0 Å². The maximum atomic E-state index is 10.6. The summed E-state index contributed by atoms with van der Waals surface area (Å²) in [7, 11) is 1.91. The molecule has 0 saturated carbocycles. The van der Waals surface area contributed by atoms with E-state index < -0.39 is 0 Å². The van der Waals surface area contributed by atoms with Gasteiger partial charge in [0, 0.05) is 19.1 Å². The third-order valence-corrected chi connectivity index (χ3v) is 1.59. The normalized spacial score (nSPS) is 11.2. The third kappa shape index (κ3) is 8.04. The van der Waals surface area contributed by atoms with Gasteiger partial charge in [0.15, 0.2) is 5.12 Å². The zero-order valence-corrected chi connectivity index (χ0v) is 8.90. The lowest BCUT2D eigenvalue weighted by atomic mass is 10.4. The van der Waals surface area contributed by atoms with Gasteiger partial charge in [-0.25, -0.2) is 0 Å². The van der Waals surface area contributed by atoms with Gasteiger partial charge in [-0.1, -0.05) is 13.8 Å². The van der Waals surface area contributed by atoms with Crippen molar-refractivity contribution in [3.8, 4) is 0 Å². The van der Waals surface area contributed by atoms with Gasteiger partial charge >= 0.3 is 0 Å². The number of thiol groups is 1. The van der Waals surface area contributed by atoms with Gasteiger partial charge in [0.05, 0.1) is 6.54 Å². The highest BCUT2D eigenvalue weighted by Crippen LogP contribution is 1.86. The quantitative estimate of drug-likeness (QED) is 0.594. The van der Waals surface area contributed by atoms with E-state index in [4.69, 9.17) is 0 Å². The first-order chi connectivity index (χ1) is 5.52. The number of hydrogen-bond donors (Lipinski definition) is 2. The molecule has 0 radical (unpaired) electrons. The number of likely N-dealkylation sites (N-methyl/N-ethyl adjacent to an activating group) is 1. The maximum Gasteiger partial charge on any atom is 0.199 e. The standard InChI is InChI=1S/C8H18N2OS/c1-7(2)9-4-5-10(3)6-8(11)12/h7,9H,4-6H2,1-3H3,(H,11,12). The fourth-order valence-electron chi connectivity index (χ4n) is 0.854. The molecule has 0 heterocycles. The second kappa shape index (κ2) is 6.46. The van der Waals surface area contributed by atoms with E-state index in [0.29, 0.717) is 12.6 Å². The predicted molar refractivity (Wildman–Crippen MR) is 54.6 cm³/mol. The van der Waals surface area contributed by atoms with Crippen molar-refractivity contribution in [2.75, 3.05) is 26.7 Å². The largest absolute Gasteiger partial charge is 0.313 e. The lowest BCUT2D eigenvalue weighted by Gasteiger charge is -2.15. The third-order valence-electron chi connectivity index (χ3n) is 1.45. The van der Waals surface area contributed by atoms with E-state index in [9.17, 15) is 4.79 Å². The summed E-state index contributed by atoms with van der Waals surface area (Å²) in [6, 6.07) is 0.505.